The van der Waals surface area contributed by atoms with E-state index in [1.54, 1.807) is 42.7 Å². The van der Waals surface area contributed by atoms with Gasteiger partial charge in [-0.25, -0.2) is 0 Å². The number of nitrogens with one attached hydrogen (secondary N) is 1. The topological polar surface area (TPSA) is 76.6 Å². The van der Waals surface area contributed by atoms with Crippen LogP contribution < -0.4 is 38.5 Å². The van der Waals surface area contributed by atoms with E-state index in [-0.39, 0.29) is 6.04 Å². The van der Waals surface area contributed by atoms with E-state index in [0.717, 1.165) is 33.2 Å². The lowest BCUT2D eigenvalue weighted by molar-refractivity contribution is 0.133. The molecule has 0 radical (unpaired) electrons. The smallest absolute Gasteiger partial charge is 0.203 e. The highest BCUT2D eigenvalue weighted by molar-refractivity contribution is 5.89. The maximum Gasteiger partial charge on any atom is 0.203 e. The lowest BCUT2D eigenvalue weighted by atomic mass is 9.90. The van der Waals surface area contributed by atoms with Crippen LogP contribution in [0.5, 0.6) is 40.2 Å². The molecule has 0 aliphatic carbocycles. The summed E-state index contributed by atoms with van der Waals surface area (Å²) in [6.45, 7) is 0. The molecule has 0 bridgehead atoms. The molecule has 1 aliphatic heterocycles. The standard InChI is InChI=1S/C30H31NO7/c1-32-22-13-18(14-23(33-2)28(22)36-5)27-26-20-10-8-7-9-17(20)11-12-21(26)38-30(31-27)19-15-24(34-3)29(37-6)25(16-19)35-4/h7-16,27,30-31H,1-6H3. The molecule has 38 heavy (non-hydrogen) atoms. The van der Waals surface area contributed by atoms with Crippen molar-refractivity contribution in [3.8, 4) is 40.2 Å². The van der Waals surface area contributed by atoms with Crippen molar-refractivity contribution in [3.63, 3.8) is 0 Å². The Kier molecular flexibility index (Phi) is 7.07. The third kappa shape index (κ3) is 4.26. The van der Waals surface area contributed by atoms with Crippen LogP contribution in [0.4, 0.5) is 0 Å². The molecule has 5 rings (SSSR count). The SMILES string of the molecule is COc1cc(C2NC(c3cc(OC)c(OC)c(OC)c3)c3c(ccc4ccccc34)O2)cc(OC)c1OC. The van der Waals surface area contributed by atoms with Crippen molar-refractivity contribution >= 4 is 10.8 Å². The van der Waals surface area contributed by atoms with Crippen molar-refractivity contribution in [2.75, 3.05) is 42.7 Å². The van der Waals surface area contributed by atoms with Crippen LogP contribution in [0.2, 0.25) is 0 Å². The van der Waals surface area contributed by atoms with E-state index in [9.17, 15) is 0 Å². The fourth-order valence-electron chi connectivity index (χ4n) is 5.02. The summed E-state index contributed by atoms with van der Waals surface area (Å²) in [5.41, 5.74) is 2.76. The number of fused-ring (bicyclic) bond motifs is 3. The van der Waals surface area contributed by atoms with Gasteiger partial charge in [-0.15, -0.1) is 0 Å². The molecule has 4 aromatic carbocycles. The molecule has 0 fully saturated rings. The van der Waals surface area contributed by atoms with Crippen molar-refractivity contribution in [2.45, 2.75) is 12.3 Å². The number of benzene rings is 4. The Bertz CT molecular complexity index is 1420. The zero-order valence-corrected chi connectivity index (χ0v) is 22.3. The summed E-state index contributed by atoms with van der Waals surface area (Å²) < 4.78 is 40.2. The maximum atomic E-state index is 6.56. The van der Waals surface area contributed by atoms with Crippen molar-refractivity contribution in [1.82, 2.24) is 5.32 Å². The van der Waals surface area contributed by atoms with Gasteiger partial charge >= 0.3 is 0 Å². The van der Waals surface area contributed by atoms with Crippen LogP contribution in [0.15, 0.2) is 60.7 Å². The Hall–Kier alpha value is -4.30. The summed E-state index contributed by atoms with van der Waals surface area (Å²) in [4.78, 5) is 0. The van der Waals surface area contributed by atoms with E-state index in [1.165, 1.54) is 0 Å². The molecule has 1 N–H and O–H groups in total. The van der Waals surface area contributed by atoms with Gasteiger partial charge < -0.3 is 33.2 Å². The molecule has 1 heterocycles. The van der Waals surface area contributed by atoms with Crippen LogP contribution in [-0.2, 0) is 0 Å². The highest BCUT2D eigenvalue weighted by Crippen LogP contribution is 2.48. The molecule has 2 unspecified atom stereocenters. The van der Waals surface area contributed by atoms with Gasteiger partial charge in [0.15, 0.2) is 29.2 Å². The highest BCUT2D eigenvalue weighted by Gasteiger charge is 2.33. The molecular formula is C30H31NO7. The summed E-state index contributed by atoms with van der Waals surface area (Å²) in [5, 5.41) is 5.88. The predicted octanol–water partition coefficient (Wildman–Crippen LogP) is 5.66. The minimum atomic E-state index is -0.526. The third-order valence-corrected chi connectivity index (χ3v) is 6.79. The second kappa shape index (κ2) is 10.6. The van der Waals surface area contributed by atoms with Crippen LogP contribution in [0.3, 0.4) is 0 Å². The third-order valence-electron chi connectivity index (χ3n) is 6.79. The van der Waals surface area contributed by atoms with Crippen LogP contribution in [0, 0.1) is 0 Å². The summed E-state index contributed by atoms with van der Waals surface area (Å²) >= 11 is 0. The van der Waals surface area contributed by atoms with Gasteiger partial charge in [0.2, 0.25) is 11.5 Å². The monoisotopic (exact) mass is 517 g/mol. The van der Waals surface area contributed by atoms with Gasteiger partial charge in [0.25, 0.3) is 0 Å². The molecule has 198 valence electrons. The van der Waals surface area contributed by atoms with Gasteiger partial charge in [-0.1, -0.05) is 30.3 Å². The second-order valence-corrected chi connectivity index (χ2v) is 8.71. The maximum absolute atomic E-state index is 6.56. The van der Waals surface area contributed by atoms with E-state index in [1.807, 2.05) is 42.5 Å². The van der Waals surface area contributed by atoms with E-state index in [4.69, 9.17) is 33.2 Å². The molecule has 0 amide bonds. The molecule has 4 aromatic rings. The molecule has 0 spiro atoms. The van der Waals surface area contributed by atoms with Crippen LogP contribution in [0.1, 0.15) is 29.0 Å². The Morgan fingerprint density at radius 1 is 0.605 bits per heavy atom. The van der Waals surface area contributed by atoms with Crippen LogP contribution in [0.25, 0.3) is 10.8 Å². The number of rotatable bonds is 8. The molecule has 8 nitrogen and oxygen atoms in total. The van der Waals surface area contributed by atoms with E-state index < -0.39 is 6.23 Å². The van der Waals surface area contributed by atoms with Gasteiger partial charge in [0, 0.05) is 11.1 Å². The average Bonchev–Trinajstić information content (AvgIpc) is 2.98. The molecule has 2 atom stereocenters. The van der Waals surface area contributed by atoms with Gasteiger partial charge in [0.05, 0.1) is 48.7 Å². The summed E-state index contributed by atoms with van der Waals surface area (Å²) in [6, 6.07) is 19.7. The lowest BCUT2D eigenvalue weighted by Gasteiger charge is -2.35. The Morgan fingerprint density at radius 2 is 1.13 bits per heavy atom. The van der Waals surface area contributed by atoms with Gasteiger partial charge in [-0.2, -0.15) is 0 Å². The first-order valence-electron chi connectivity index (χ1n) is 12.1. The number of ether oxygens (including phenoxy) is 7. The molecule has 8 heteroatoms. The number of hydrogen-bond acceptors (Lipinski definition) is 8. The molecule has 0 saturated heterocycles. The van der Waals surface area contributed by atoms with E-state index >= 15 is 0 Å². The second-order valence-electron chi connectivity index (χ2n) is 8.71. The van der Waals surface area contributed by atoms with Crippen LogP contribution in [-0.4, -0.2) is 42.7 Å². The fourth-order valence-corrected chi connectivity index (χ4v) is 5.02. The van der Waals surface area contributed by atoms with Crippen molar-refractivity contribution < 1.29 is 33.2 Å². The fraction of sp³-hybridized carbons (Fsp3) is 0.267. The summed E-state index contributed by atoms with van der Waals surface area (Å²) in [5.74, 6) is 4.04. The average molecular weight is 518 g/mol. The molecule has 0 saturated carbocycles. The quantitative estimate of drug-likeness (QED) is 0.321. The number of methoxy groups -OCH3 is 6. The van der Waals surface area contributed by atoms with Gasteiger partial charge in [-0.3, -0.25) is 5.32 Å². The first-order chi connectivity index (χ1) is 18.6. The zero-order chi connectivity index (χ0) is 26.8. The summed E-state index contributed by atoms with van der Waals surface area (Å²) in [6.07, 6.45) is -0.526. The Balaban J connectivity index is 1.71. The minimum Gasteiger partial charge on any atom is -0.493 e. The normalized spacial score (nSPS) is 16.3. The number of hydrogen-bond donors (Lipinski definition) is 1. The highest BCUT2D eigenvalue weighted by atomic mass is 16.5. The van der Waals surface area contributed by atoms with Gasteiger partial charge in [-0.05, 0) is 46.7 Å². The minimum absolute atomic E-state index is 0.275. The van der Waals surface area contributed by atoms with Crippen molar-refractivity contribution in [1.29, 1.82) is 0 Å². The van der Waals surface area contributed by atoms with E-state index in [2.05, 4.69) is 23.5 Å². The Labute approximate surface area is 221 Å². The molecule has 1 aliphatic rings. The molecular weight excluding hydrogens is 486 g/mol. The van der Waals surface area contributed by atoms with E-state index in [0.29, 0.717) is 34.5 Å². The zero-order valence-electron chi connectivity index (χ0n) is 22.3. The predicted molar refractivity (Wildman–Crippen MR) is 144 cm³/mol. The van der Waals surface area contributed by atoms with Crippen molar-refractivity contribution in [2.24, 2.45) is 0 Å². The summed E-state index contributed by atoms with van der Waals surface area (Å²) in [7, 11) is 9.58. The van der Waals surface area contributed by atoms with Crippen LogP contribution >= 0.6 is 0 Å². The first-order valence-corrected chi connectivity index (χ1v) is 12.1. The first kappa shape index (κ1) is 25.4. The Morgan fingerprint density at radius 3 is 1.66 bits per heavy atom. The molecule has 0 aromatic heterocycles. The van der Waals surface area contributed by atoms with Crippen molar-refractivity contribution in [3.05, 3.63) is 77.4 Å². The van der Waals surface area contributed by atoms with Gasteiger partial charge in [0.1, 0.15) is 5.75 Å². The largest absolute Gasteiger partial charge is 0.493 e. The lowest BCUT2D eigenvalue weighted by Crippen LogP contribution is -2.35.